The zero-order valence-corrected chi connectivity index (χ0v) is 17.2. The summed E-state index contributed by atoms with van der Waals surface area (Å²) in [6.07, 6.45) is 2.42. The summed E-state index contributed by atoms with van der Waals surface area (Å²) in [5.41, 5.74) is 3.33. The fraction of sp³-hybridized carbons (Fsp3) is 0.286. The van der Waals surface area contributed by atoms with E-state index in [9.17, 15) is 0 Å². The average Bonchev–Trinajstić information content (AvgIpc) is 3.08. The smallest absolute Gasteiger partial charge is 0.216 e. The van der Waals surface area contributed by atoms with Gasteiger partial charge < -0.3 is 9.64 Å². The van der Waals surface area contributed by atoms with E-state index in [1.807, 2.05) is 24.3 Å². The summed E-state index contributed by atoms with van der Waals surface area (Å²) in [6, 6.07) is 16.2. The molecule has 6 nitrogen and oxygen atoms in total. The van der Waals surface area contributed by atoms with E-state index in [2.05, 4.69) is 58.3 Å². The Morgan fingerprint density at radius 2 is 1.79 bits per heavy atom. The Morgan fingerprint density at radius 1 is 1.11 bits per heavy atom. The maximum absolute atomic E-state index is 5.33. The van der Waals surface area contributed by atoms with Crippen LogP contribution in [-0.2, 0) is 6.42 Å². The number of hydrogen-bond donors (Lipinski definition) is 1. The number of H-pyrrole nitrogens is 1. The van der Waals surface area contributed by atoms with Crippen LogP contribution in [0.15, 0.2) is 53.6 Å². The number of anilines is 1. The number of hydrogen-bond acceptors (Lipinski definition) is 5. The summed E-state index contributed by atoms with van der Waals surface area (Å²) >= 11 is 5.33. The highest BCUT2D eigenvalue weighted by Crippen LogP contribution is 2.15. The molecule has 0 aliphatic carbocycles. The molecule has 1 N–H and O–H groups in total. The van der Waals surface area contributed by atoms with E-state index in [0.717, 1.165) is 35.8 Å². The molecule has 0 saturated heterocycles. The molecule has 0 fully saturated rings. The fourth-order valence-corrected chi connectivity index (χ4v) is 3.17. The SMILES string of the molecule is CCN(CC)c1ccc(/C=N\n2c(Cc3ccc(OC)cc3)n[nH]c2=S)cc1. The molecule has 3 aromatic rings. The van der Waals surface area contributed by atoms with E-state index in [0.29, 0.717) is 11.2 Å². The molecular weight excluding hydrogens is 370 g/mol. The van der Waals surface area contributed by atoms with E-state index in [1.165, 1.54) is 5.69 Å². The number of benzene rings is 2. The van der Waals surface area contributed by atoms with Crippen LogP contribution in [0.1, 0.15) is 30.8 Å². The normalized spacial score (nSPS) is 11.1. The van der Waals surface area contributed by atoms with Gasteiger partial charge in [0.05, 0.1) is 13.3 Å². The molecule has 0 radical (unpaired) electrons. The molecule has 1 heterocycles. The predicted octanol–water partition coefficient (Wildman–Crippen LogP) is 4.27. The molecule has 0 aliphatic heterocycles. The van der Waals surface area contributed by atoms with E-state index < -0.39 is 0 Å². The first-order chi connectivity index (χ1) is 13.6. The molecule has 0 amide bonds. The Kier molecular flexibility index (Phi) is 6.60. The van der Waals surface area contributed by atoms with E-state index in [-0.39, 0.29) is 0 Å². The molecule has 0 saturated carbocycles. The van der Waals surface area contributed by atoms with Gasteiger partial charge in [-0.2, -0.15) is 14.9 Å². The summed E-state index contributed by atoms with van der Waals surface area (Å²) in [4.78, 5) is 2.31. The maximum atomic E-state index is 5.33. The van der Waals surface area contributed by atoms with Crippen LogP contribution in [0.4, 0.5) is 5.69 Å². The molecule has 0 bridgehead atoms. The second-order valence-electron chi connectivity index (χ2n) is 6.29. The quantitative estimate of drug-likeness (QED) is 0.457. The van der Waals surface area contributed by atoms with Gasteiger partial charge in [0.15, 0.2) is 5.82 Å². The second-order valence-corrected chi connectivity index (χ2v) is 6.68. The Bertz CT molecular complexity index is 969. The summed E-state index contributed by atoms with van der Waals surface area (Å²) < 4.78 is 7.34. The third kappa shape index (κ3) is 4.67. The lowest BCUT2D eigenvalue weighted by atomic mass is 10.1. The van der Waals surface area contributed by atoms with Crippen LogP contribution < -0.4 is 9.64 Å². The van der Waals surface area contributed by atoms with Crippen LogP contribution in [0, 0.1) is 4.77 Å². The highest BCUT2D eigenvalue weighted by Gasteiger charge is 2.07. The molecule has 7 heteroatoms. The first-order valence-corrected chi connectivity index (χ1v) is 9.74. The molecule has 28 heavy (non-hydrogen) atoms. The van der Waals surface area contributed by atoms with Crippen LogP contribution in [0.25, 0.3) is 0 Å². The molecule has 0 aliphatic rings. The molecule has 3 rings (SSSR count). The van der Waals surface area contributed by atoms with Crippen molar-refractivity contribution in [2.24, 2.45) is 5.10 Å². The minimum absolute atomic E-state index is 0.472. The van der Waals surface area contributed by atoms with Crippen molar-refractivity contribution in [1.82, 2.24) is 14.9 Å². The van der Waals surface area contributed by atoms with Gasteiger partial charge >= 0.3 is 0 Å². The van der Waals surface area contributed by atoms with Crippen LogP contribution in [0.2, 0.25) is 0 Å². The third-order valence-corrected chi connectivity index (χ3v) is 4.85. The standard InChI is InChI=1S/C21H25N5OS/c1-4-25(5-2)18-10-6-17(7-11-18)15-22-26-20(23-24-21(26)28)14-16-8-12-19(27-3)13-9-16/h6-13,15H,4-5,14H2,1-3H3,(H,24,28)/b22-15-. The molecule has 146 valence electrons. The van der Waals surface area contributed by atoms with Crippen LogP contribution >= 0.6 is 12.2 Å². The van der Waals surface area contributed by atoms with Gasteiger partial charge in [0.2, 0.25) is 4.77 Å². The van der Waals surface area contributed by atoms with Gasteiger partial charge in [-0.3, -0.25) is 5.10 Å². The predicted molar refractivity (Wildman–Crippen MR) is 116 cm³/mol. The molecule has 0 atom stereocenters. The zero-order valence-electron chi connectivity index (χ0n) is 16.4. The van der Waals surface area contributed by atoms with Crippen molar-refractivity contribution in [3.05, 3.63) is 70.3 Å². The minimum Gasteiger partial charge on any atom is -0.497 e. The number of methoxy groups -OCH3 is 1. The van der Waals surface area contributed by atoms with Gasteiger partial charge in [0, 0.05) is 25.2 Å². The first-order valence-electron chi connectivity index (χ1n) is 9.33. The Morgan fingerprint density at radius 3 is 2.39 bits per heavy atom. The van der Waals surface area contributed by atoms with E-state index in [1.54, 1.807) is 18.0 Å². The number of rotatable bonds is 8. The Balaban J connectivity index is 1.77. The van der Waals surface area contributed by atoms with Gasteiger partial charge in [0.1, 0.15) is 5.75 Å². The topological polar surface area (TPSA) is 58.4 Å². The van der Waals surface area contributed by atoms with Gasteiger partial charge in [-0.1, -0.05) is 24.3 Å². The van der Waals surface area contributed by atoms with Crippen molar-refractivity contribution in [2.75, 3.05) is 25.1 Å². The minimum atomic E-state index is 0.472. The van der Waals surface area contributed by atoms with E-state index in [4.69, 9.17) is 17.0 Å². The van der Waals surface area contributed by atoms with Gasteiger partial charge in [0.25, 0.3) is 0 Å². The number of nitrogens with one attached hydrogen (secondary N) is 1. The Hall–Kier alpha value is -2.93. The largest absolute Gasteiger partial charge is 0.497 e. The van der Waals surface area contributed by atoms with E-state index >= 15 is 0 Å². The highest BCUT2D eigenvalue weighted by atomic mass is 32.1. The van der Waals surface area contributed by atoms with Crippen molar-refractivity contribution in [2.45, 2.75) is 20.3 Å². The second kappa shape index (κ2) is 9.32. The monoisotopic (exact) mass is 395 g/mol. The van der Waals surface area contributed by atoms with Crippen LogP contribution in [-0.4, -0.2) is 41.3 Å². The molecular formula is C21H25N5OS. The summed E-state index contributed by atoms with van der Waals surface area (Å²) in [7, 11) is 1.66. The lowest BCUT2D eigenvalue weighted by Gasteiger charge is -2.20. The van der Waals surface area contributed by atoms with Crippen LogP contribution in [0.3, 0.4) is 0 Å². The van der Waals surface area contributed by atoms with Gasteiger partial charge in [-0.05, 0) is 61.5 Å². The highest BCUT2D eigenvalue weighted by molar-refractivity contribution is 7.71. The third-order valence-electron chi connectivity index (χ3n) is 4.58. The van der Waals surface area contributed by atoms with Gasteiger partial charge in [-0.25, -0.2) is 0 Å². The summed E-state index contributed by atoms with van der Waals surface area (Å²) in [5.74, 6) is 1.58. The van der Waals surface area contributed by atoms with Crippen molar-refractivity contribution >= 4 is 24.1 Å². The van der Waals surface area contributed by atoms with Gasteiger partial charge in [-0.15, -0.1) is 0 Å². The van der Waals surface area contributed by atoms with Crippen molar-refractivity contribution in [3.8, 4) is 5.75 Å². The summed E-state index contributed by atoms with van der Waals surface area (Å²) in [6.45, 7) is 6.29. The molecule has 2 aromatic carbocycles. The lowest BCUT2D eigenvalue weighted by molar-refractivity contribution is 0.414. The fourth-order valence-electron chi connectivity index (χ4n) is 2.97. The van der Waals surface area contributed by atoms with Crippen molar-refractivity contribution < 1.29 is 4.74 Å². The number of nitrogens with zero attached hydrogens (tertiary/aromatic N) is 4. The maximum Gasteiger partial charge on any atom is 0.216 e. The Labute approximate surface area is 170 Å². The average molecular weight is 396 g/mol. The zero-order chi connectivity index (χ0) is 19.9. The number of ether oxygens (including phenoxy) is 1. The molecule has 1 aromatic heterocycles. The van der Waals surface area contributed by atoms with Crippen molar-refractivity contribution in [1.29, 1.82) is 0 Å². The lowest BCUT2D eigenvalue weighted by Crippen LogP contribution is -2.21. The summed E-state index contributed by atoms with van der Waals surface area (Å²) in [5, 5.41) is 11.7. The number of aromatic amines is 1. The van der Waals surface area contributed by atoms with Crippen molar-refractivity contribution in [3.63, 3.8) is 0 Å². The first kappa shape index (κ1) is 19.8. The van der Waals surface area contributed by atoms with Crippen LogP contribution in [0.5, 0.6) is 5.75 Å². The molecule has 0 spiro atoms. The number of aromatic nitrogens is 3. The molecule has 0 unspecified atom stereocenters.